The summed E-state index contributed by atoms with van der Waals surface area (Å²) in [4.78, 5) is 14.5. The lowest BCUT2D eigenvalue weighted by molar-refractivity contribution is -0.109. The van der Waals surface area contributed by atoms with E-state index in [1.54, 1.807) is 18.3 Å². The number of nitrogens with zero attached hydrogens (tertiary/aromatic N) is 2. The summed E-state index contributed by atoms with van der Waals surface area (Å²) in [5, 5.41) is 13.7. The maximum Gasteiger partial charge on any atom is 0.208 e. The number of hydrogen-bond acceptors (Lipinski definition) is 3. The normalized spacial score (nSPS) is 11.8. The number of carbonyl (C=O) groups excluding carboxylic acids is 1. The molecule has 1 amide bonds. The molecule has 0 aliphatic heterocycles. The topological polar surface area (TPSA) is 65.8 Å². The molecule has 4 nitrogen and oxygen atoms in total. The lowest BCUT2D eigenvalue weighted by Crippen LogP contribution is -2.18. The summed E-state index contributed by atoms with van der Waals surface area (Å²) in [6, 6.07) is 4.48. The van der Waals surface area contributed by atoms with Gasteiger partial charge in [0.25, 0.3) is 0 Å². The van der Waals surface area contributed by atoms with Crippen LogP contribution in [0.5, 0.6) is 0 Å². The molecule has 18 heavy (non-hydrogen) atoms. The Morgan fingerprint density at radius 2 is 2.17 bits per heavy atom. The van der Waals surface area contributed by atoms with E-state index in [9.17, 15) is 4.79 Å². The smallest absolute Gasteiger partial charge is 0.208 e. The fraction of sp³-hybridized carbons (Fsp3) is 0.0833. The number of benzene rings is 1. The highest BCUT2D eigenvalue weighted by Crippen LogP contribution is 2.32. The Balaban J connectivity index is 2.72. The zero-order chi connectivity index (χ0) is 13.1. The van der Waals surface area contributed by atoms with Crippen molar-refractivity contribution in [2.75, 3.05) is 0 Å². The zero-order valence-corrected chi connectivity index (χ0v) is 10.5. The summed E-state index contributed by atoms with van der Waals surface area (Å²) in [6.45, 7) is 0. The van der Waals surface area contributed by atoms with Crippen molar-refractivity contribution < 1.29 is 4.79 Å². The number of rotatable bonds is 3. The van der Waals surface area contributed by atoms with E-state index in [0.29, 0.717) is 27.4 Å². The van der Waals surface area contributed by atoms with Crippen LogP contribution in [0.25, 0.3) is 10.8 Å². The van der Waals surface area contributed by atoms with E-state index >= 15 is 0 Å². The molecule has 90 valence electrons. The number of pyridine rings is 1. The molecular weight excluding hydrogens is 273 g/mol. The highest BCUT2D eigenvalue weighted by molar-refractivity contribution is 6.38. The van der Waals surface area contributed by atoms with E-state index in [2.05, 4.69) is 10.3 Å². The molecule has 2 aromatic rings. The number of nitriles is 1. The predicted octanol–water partition coefficient (Wildman–Crippen LogP) is 2.85. The van der Waals surface area contributed by atoms with Gasteiger partial charge in [-0.1, -0.05) is 23.2 Å². The van der Waals surface area contributed by atoms with Crippen LogP contribution in [0.2, 0.25) is 10.0 Å². The molecule has 0 saturated carbocycles. The second-order valence-electron chi connectivity index (χ2n) is 3.56. The highest BCUT2D eigenvalue weighted by Gasteiger charge is 2.15. The monoisotopic (exact) mass is 279 g/mol. The van der Waals surface area contributed by atoms with Gasteiger partial charge in [0.15, 0.2) is 0 Å². The summed E-state index contributed by atoms with van der Waals surface area (Å²) in [5.74, 6) is 0. The molecule has 1 aromatic heterocycles. The Morgan fingerprint density at radius 3 is 2.83 bits per heavy atom. The first kappa shape index (κ1) is 12.6. The van der Waals surface area contributed by atoms with Gasteiger partial charge in [0.2, 0.25) is 6.41 Å². The van der Waals surface area contributed by atoms with Crippen molar-refractivity contribution in [3.05, 3.63) is 40.1 Å². The van der Waals surface area contributed by atoms with Crippen molar-refractivity contribution in [3.63, 3.8) is 0 Å². The average molecular weight is 280 g/mol. The molecule has 1 atom stereocenters. The molecule has 0 bridgehead atoms. The lowest BCUT2D eigenvalue weighted by atomic mass is 10.0. The van der Waals surface area contributed by atoms with Gasteiger partial charge < -0.3 is 5.32 Å². The van der Waals surface area contributed by atoms with Crippen LogP contribution in [-0.2, 0) is 4.79 Å². The van der Waals surface area contributed by atoms with Gasteiger partial charge in [0.05, 0.1) is 11.1 Å². The number of nitrogens with one attached hydrogen (secondary N) is 1. The molecule has 0 aliphatic carbocycles. The van der Waals surface area contributed by atoms with Crippen LogP contribution in [0.1, 0.15) is 11.6 Å². The maximum absolute atomic E-state index is 10.5. The zero-order valence-electron chi connectivity index (χ0n) is 9.02. The first-order valence-electron chi connectivity index (χ1n) is 4.99. The minimum Gasteiger partial charge on any atom is -0.339 e. The number of fused-ring (bicyclic) bond motifs is 1. The fourth-order valence-corrected chi connectivity index (χ4v) is 2.36. The third kappa shape index (κ3) is 2.23. The molecule has 0 spiro atoms. The molecule has 0 saturated heterocycles. The molecule has 6 heteroatoms. The average Bonchev–Trinajstić information content (AvgIpc) is 2.34. The van der Waals surface area contributed by atoms with E-state index in [1.165, 1.54) is 6.20 Å². The molecule has 1 aromatic carbocycles. The van der Waals surface area contributed by atoms with Gasteiger partial charge in [-0.3, -0.25) is 9.78 Å². The van der Waals surface area contributed by atoms with Gasteiger partial charge in [0.1, 0.15) is 6.04 Å². The van der Waals surface area contributed by atoms with Crippen LogP contribution < -0.4 is 5.32 Å². The van der Waals surface area contributed by atoms with Crippen molar-refractivity contribution in [2.45, 2.75) is 6.04 Å². The molecule has 1 unspecified atom stereocenters. The maximum atomic E-state index is 10.5. The van der Waals surface area contributed by atoms with E-state index in [1.807, 2.05) is 6.07 Å². The Morgan fingerprint density at radius 1 is 1.39 bits per heavy atom. The predicted molar refractivity (Wildman–Crippen MR) is 69.3 cm³/mol. The second-order valence-corrected chi connectivity index (χ2v) is 4.40. The van der Waals surface area contributed by atoms with Crippen molar-refractivity contribution in [3.8, 4) is 6.07 Å². The van der Waals surface area contributed by atoms with Crippen molar-refractivity contribution >= 4 is 40.4 Å². The molecule has 0 aliphatic rings. The van der Waals surface area contributed by atoms with Crippen LogP contribution in [0.4, 0.5) is 0 Å². The number of aromatic nitrogens is 1. The molecule has 1 N–H and O–H groups in total. The summed E-state index contributed by atoms with van der Waals surface area (Å²) in [5.41, 5.74) is 0.545. The summed E-state index contributed by atoms with van der Waals surface area (Å²) in [7, 11) is 0. The third-order valence-electron chi connectivity index (χ3n) is 2.48. The van der Waals surface area contributed by atoms with E-state index in [4.69, 9.17) is 28.5 Å². The van der Waals surface area contributed by atoms with Crippen molar-refractivity contribution in [1.82, 2.24) is 10.3 Å². The van der Waals surface area contributed by atoms with Gasteiger partial charge in [-0.2, -0.15) is 5.26 Å². The van der Waals surface area contributed by atoms with Crippen LogP contribution in [-0.4, -0.2) is 11.4 Å². The molecule has 1 heterocycles. The van der Waals surface area contributed by atoms with E-state index in [-0.39, 0.29) is 0 Å². The molecular formula is C12H7Cl2N3O. The van der Waals surface area contributed by atoms with Gasteiger partial charge >= 0.3 is 0 Å². The molecule has 0 radical (unpaired) electrons. The largest absolute Gasteiger partial charge is 0.339 e. The van der Waals surface area contributed by atoms with E-state index in [0.717, 1.165) is 5.39 Å². The lowest BCUT2D eigenvalue weighted by Gasteiger charge is -2.12. The van der Waals surface area contributed by atoms with E-state index < -0.39 is 6.04 Å². The Bertz CT molecular complexity index is 652. The minimum absolute atomic E-state index is 0.419. The Hall–Kier alpha value is -1.83. The Labute approximate surface area is 113 Å². The van der Waals surface area contributed by atoms with Crippen LogP contribution >= 0.6 is 23.2 Å². The number of halogens is 2. The molecule has 2 rings (SSSR count). The van der Waals surface area contributed by atoms with Crippen molar-refractivity contribution in [1.29, 1.82) is 5.26 Å². The van der Waals surface area contributed by atoms with Gasteiger partial charge in [-0.05, 0) is 12.1 Å². The first-order valence-corrected chi connectivity index (χ1v) is 5.75. The number of amides is 1. The van der Waals surface area contributed by atoms with Crippen LogP contribution in [0, 0.1) is 11.3 Å². The van der Waals surface area contributed by atoms with Crippen LogP contribution in [0.3, 0.4) is 0 Å². The summed E-state index contributed by atoms with van der Waals surface area (Å²) < 4.78 is 0. The van der Waals surface area contributed by atoms with Gasteiger partial charge in [-0.15, -0.1) is 0 Å². The fourth-order valence-electron chi connectivity index (χ4n) is 1.75. The third-order valence-corrected chi connectivity index (χ3v) is 2.99. The summed E-state index contributed by atoms with van der Waals surface area (Å²) in [6.07, 6.45) is 3.58. The van der Waals surface area contributed by atoms with Gasteiger partial charge in [-0.25, -0.2) is 0 Å². The van der Waals surface area contributed by atoms with Crippen LogP contribution in [0.15, 0.2) is 24.5 Å². The second kappa shape index (κ2) is 5.21. The number of hydrogen-bond donors (Lipinski definition) is 1. The summed E-state index contributed by atoms with van der Waals surface area (Å²) >= 11 is 12.0. The highest BCUT2D eigenvalue weighted by atomic mass is 35.5. The minimum atomic E-state index is -0.794. The Kier molecular flexibility index (Phi) is 3.66. The molecule has 0 fully saturated rings. The standard InChI is InChI=1S/C12H7Cl2N3O/c13-8-1-7-4-16-5-9(11(3-15)17-6-18)12(7)10(14)2-8/h1-2,4-6,11H,(H,17,18). The quantitative estimate of drug-likeness (QED) is 0.879. The SMILES string of the molecule is N#CC(NC=O)c1cncc2cc(Cl)cc(Cl)c12. The van der Waals surface area contributed by atoms with Gasteiger partial charge in [0, 0.05) is 33.8 Å². The first-order chi connectivity index (χ1) is 8.67. The number of carbonyl (C=O) groups is 1. The van der Waals surface area contributed by atoms with Crippen molar-refractivity contribution in [2.24, 2.45) is 0 Å².